The van der Waals surface area contributed by atoms with Gasteiger partial charge in [0, 0.05) is 30.4 Å². The lowest BCUT2D eigenvalue weighted by atomic mass is 9.82. The van der Waals surface area contributed by atoms with Gasteiger partial charge in [-0.15, -0.1) is 0 Å². The molecule has 0 aliphatic heterocycles. The van der Waals surface area contributed by atoms with E-state index >= 15 is 0 Å². The molecular weight excluding hydrogens is 372 g/mol. The van der Waals surface area contributed by atoms with Gasteiger partial charge in [0.15, 0.2) is 5.78 Å². The number of nitrogens with one attached hydrogen (secondary N) is 1. The van der Waals surface area contributed by atoms with Crippen LogP contribution in [0.25, 0.3) is 0 Å². The normalized spacial score (nSPS) is 18.3. The Morgan fingerprint density at radius 3 is 2.53 bits per heavy atom. The van der Waals surface area contributed by atoms with Gasteiger partial charge >= 0.3 is 0 Å². The first kappa shape index (κ1) is 22.5. The summed E-state index contributed by atoms with van der Waals surface area (Å²) in [6.45, 7) is 6.86. The zero-order chi connectivity index (χ0) is 21.3. The van der Waals surface area contributed by atoms with E-state index in [1.165, 1.54) is 56.1 Å². The number of nitrogens with zero attached hydrogens (tertiary/aromatic N) is 1. The number of aromatic nitrogens is 1. The van der Waals surface area contributed by atoms with Crippen molar-refractivity contribution in [3.05, 3.63) is 53.2 Å². The van der Waals surface area contributed by atoms with Crippen molar-refractivity contribution in [3.63, 3.8) is 0 Å². The Morgan fingerprint density at radius 2 is 1.87 bits per heavy atom. The lowest BCUT2D eigenvalue weighted by Gasteiger charge is -2.28. The number of fused-ring (bicyclic) bond motifs is 1. The monoisotopic (exact) mass is 408 g/mol. The molecule has 2 aliphatic carbocycles. The van der Waals surface area contributed by atoms with Crippen LogP contribution in [-0.2, 0) is 6.42 Å². The molecule has 0 spiro atoms. The van der Waals surface area contributed by atoms with Crippen molar-refractivity contribution in [1.82, 2.24) is 10.3 Å². The highest BCUT2D eigenvalue weighted by molar-refractivity contribution is 5.93. The third-order valence-corrected chi connectivity index (χ3v) is 5.95. The fourth-order valence-electron chi connectivity index (χ4n) is 4.42. The summed E-state index contributed by atoms with van der Waals surface area (Å²) in [5, 5.41) is 3.79. The van der Waals surface area contributed by atoms with Crippen LogP contribution in [0.2, 0.25) is 0 Å². The van der Waals surface area contributed by atoms with Crippen molar-refractivity contribution >= 4 is 5.78 Å². The molecule has 2 aliphatic rings. The maximum Gasteiger partial charge on any atom is 0.219 e. The summed E-state index contributed by atoms with van der Waals surface area (Å²) in [4.78, 5) is 15.7. The number of carbonyl (C=O) groups excluding carboxylic acids is 1. The first-order valence-corrected chi connectivity index (χ1v) is 11.6. The van der Waals surface area contributed by atoms with Gasteiger partial charge in [-0.05, 0) is 68.2 Å². The van der Waals surface area contributed by atoms with Crippen LogP contribution in [0.15, 0.2) is 36.5 Å². The zero-order valence-electron chi connectivity index (χ0n) is 18.7. The molecule has 1 aromatic heterocycles. The zero-order valence-corrected chi connectivity index (χ0v) is 18.7. The molecule has 30 heavy (non-hydrogen) atoms. The van der Waals surface area contributed by atoms with Gasteiger partial charge < -0.3 is 10.1 Å². The van der Waals surface area contributed by atoms with Crippen LogP contribution in [0.4, 0.5) is 0 Å². The molecule has 1 heterocycles. The number of hydrogen-bond donors (Lipinski definition) is 1. The summed E-state index contributed by atoms with van der Waals surface area (Å²) in [7, 11) is 0. The SMILES string of the molecule is CC(=O)c1ccc(Oc2cccc3c2CCCC3CNC2CCCC2)nc1.CCC. The van der Waals surface area contributed by atoms with Crippen molar-refractivity contribution in [3.8, 4) is 11.6 Å². The number of carbonyl (C=O) groups is 1. The second-order valence-electron chi connectivity index (χ2n) is 8.55. The minimum absolute atomic E-state index is 0.0174. The standard InChI is InChI=1S/C23H28N2O2.C3H8/c1-16(26)17-12-13-23(25-14-17)27-22-11-5-9-20-18(6-4-10-21(20)22)15-24-19-7-2-3-8-19;1-3-2/h5,9,11-14,18-19,24H,2-4,6-8,10,15H2,1H3;3H2,1-2H3. The van der Waals surface area contributed by atoms with Gasteiger partial charge in [-0.3, -0.25) is 4.79 Å². The summed E-state index contributed by atoms with van der Waals surface area (Å²) < 4.78 is 6.09. The van der Waals surface area contributed by atoms with E-state index in [-0.39, 0.29) is 5.78 Å². The Bertz CT molecular complexity index is 810. The van der Waals surface area contributed by atoms with E-state index in [4.69, 9.17) is 4.74 Å². The fourth-order valence-corrected chi connectivity index (χ4v) is 4.42. The topological polar surface area (TPSA) is 51.2 Å². The predicted molar refractivity (Wildman–Crippen MR) is 123 cm³/mol. The summed E-state index contributed by atoms with van der Waals surface area (Å²) >= 11 is 0. The van der Waals surface area contributed by atoms with Gasteiger partial charge in [0.05, 0.1) is 0 Å². The van der Waals surface area contributed by atoms with Crippen molar-refractivity contribution in [2.24, 2.45) is 0 Å². The summed E-state index contributed by atoms with van der Waals surface area (Å²) in [5.74, 6) is 2.02. The number of benzene rings is 1. The van der Waals surface area contributed by atoms with Gasteiger partial charge in [0.1, 0.15) is 5.75 Å². The third-order valence-electron chi connectivity index (χ3n) is 5.95. The van der Waals surface area contributed by atoms with E-state index in [1.54, 1.807) is 25.3 Å². The van der Waals surface area contributed by atoms with Crippen molar-refractivity contribution < 1.29 is 9.53 Å². The van der Waals surface area contributed by atoms with Gasteiger partial charge in [-0.2, -0.15) is 0 Å². The molecule has 4 rings (SSSR count). The maximum atomic E-state index is 11.4. The second-order valence-corrected chi connectivity index (χ2v) is 8.55. The number of ketones is 1. The van der Waals surface area contributed by atoms with Crippen LogP contribution >= 0.6 is 0 Å². The van der Waals surface area contributed by atoms with E-state index in [9.17, 15) is 4.79 Å². The number of hydrogen-bond acceptors (Lipinski definition) is 4. The molecule has 0 radical (unpaired) electrons. The highest BCUT2D eigenvalue weighted by Gasteiger charge is 2.24. The molecule has 162 valence electrons. The molecule has 4 nitrogen and oxygen atoms in total. The highest BCUT2D eigenvalue weighted by Crippen LogP contribution is 2.38. The van der Waals surface area contributed by atoms with Crippen LogP contribution in [0.1, 0.15) is 93.1 Å². The predicted octanol–water partition coefficient (Wildman–Crippen LogP) is 6.44. The maximum absolute atomic E-state index is 11.4. The average molecular weight is 409 g/mol. The van der Waals surface area contributed by atoms with Gasteiger partial charge in [0.2, 0.25) is 5.88 Å². The molecule has 1 fully saturated rings. The Kier molecular flexibility index (Phi) is 8.44. The number of pyridine rings is 1. The molecule has 2 aromatic rings. The fraction of sp³-hybridized carbons (Fsp3) is 0.538. The van der Waals surface area contributed by atoms with E-state index in [0.717, 1.165) is 18.7 Å². The summed E-state index contributed by atoms with van der Waals surface area (Å²) in [6, 6.07) is 10.6. The molecular formula is C26H36N2O2. The Balaban J connectivity index is 0.000000806. The Labute approximate surface area is 181 Å². The van der Waals surface area contributed by atoms with E-state index < -0.39 is 0 Å². The Hall–Kier alpha value is -2.20. The van der Waals surface area contributed by atoms with Crippen molar-refractivity contribution in [2.45, 2.75) is 84.1 Å². The first-order valence-electron chi connectivity index (χ1n) is 11.6. The van der Waals surface area contributed by atoms with E-state index in [1.807, 2.05) is 6.07 Å². The number of rotatable bonds is 6. The van der Waals surface area contributed by atoms with Crippen LogP contribution in [0.3, 0.4) is 0 Å². The van der Waals surface area contributed by atoms with Crippen molar-refractivity contribution in [2.75, 3.05) is 6.54 Å². The molecule has 0 bridgehead atoms. The molecule has 1 atom stereocenters. The Morgan fingerprint density at radius 1 is 1.10 bits per heavy atom. The lowest BCUT2D eigenvalue weighted by Crippen LogP contribution is -2.31. The van der Waals surface area contributed by atoms with Crippen LogP contribution < -0.4 is 10.1 Å². The molecule has 1 aromatic carbocycles. The quantitative estimate of drug-likeness (QED) is 0.558. The largest absolute Gasteiger partial charge is 0.439 e. The number of Topliss-reactive ketones (excluding diaryl/α,β-unsaturated/α-hetero) is 1. The second kappa shape index (κ2) is 11.3. The highest BCUT2D eigenvalue weighted by atomic mass is 16.5. The van der Waals surface area contributed by atoms with Gasteiger partial charge in [0.25, 0.3) is 0 Å². The van der Waals surface area contributed by atoms with E-state index in [0.29, 0.717) is 23.4 Å². The minimum Gasteiger partial charge on any atom is -0.439 e. The molecule has 4 heteroatoms. The van der Waals surface area contributed by atoms with Gasteiger partial charge in [-0.25, -0.2) is 4.98 Å². The van der Waals surface area contributed by atoms with Crippen LogP contribution in [0.5, 0.6) is 11.6 Å². The van der Waals surface area contributed by atoms with Crippen molar-refractivity contribution in [1.29, 1.82) is 0 Å². The first-order chi connectivity index (χ1) is 14.6. The molecule has 0 amide bonds. The average Bonchev–Trinajstić information content (AvgIpc) is 3.27. The minimum atomic E-state index is 0.0174. The smallest absolute Gasteiger partial charge is 0.219 e. The summed E-state index contributed by atoms with van der Waals surface area (Å²) in [5.41, 5.74) is 3.35. The number of ether oxygens (including phenoxy) is 1. The van der Waals surface area contributed by atoms with E-state index in [2.05, 4.69) is 36.3 Å². The molecule has 0 saturated heterocycles. The van der Waals surface area contributed by atoms with Crippen LogP contribution in [-0.4, -0.2) is 23.4 Å². The van der Waals surface area contributed by atoms with Gasteiger partial charge in [-0.1, -0.05) is 45.2 Å². The molecule has 1 N–H and O–H groups in total. The third kappa shape index (κ3) is 5.91. The molecule has 1 saturated carbocycles. The summed E-state index contributed by atoms with van der Waals surface area (Å²) in [6.07, 6.45) is 11.7. The molecule has 1 unspecified atom stereocenters. The lowest BCUT2D eigenvalue weighted by molar-refractivity contribution is 0.101. The van der Waals surface area contributed by atoms with Crippen LogP contribution in [0, 0.1) is 0 Å².